The van der Waals surface area contributed by atoms with Crippen LogP contribution in [0.25, 0.3) is 10.4 Å². The molecule has 0 spiro atoms. The van der Waals surface area contributed by atoms with Crippen LogP contribution in [0.4, 0.5) is 0 Å². The highest BCUT2D eigenvalue weighted by atomic mass is 32.2. The van der Waals surface area contributed by atoms with Gasteiger partial charge in [0.15, 0.2) is 0 Å². The Kier molecular flexibility index (Phi) is 3.51. The van der Waals surface area contributed by atoms with E-state index in [1.165, 1.54) is 18.2 Å². The second-order valence-corrected chi connectivity index (χ2v) is 5.05. The quantitative estimate of drug-likeness (QED) is 0.454. The summed E-state index contributed by atoms with van der Waals surface area (Å²) in [5.41, 5.74) is 9.06. The number of sulfone groups is 1. The van der Waals surface area contributed by atoms with E-state index >= 15 is 0 Å². The number of azide groups is 1. The van der Waals surface area contributed by atoms with Gasteiger partial charge in [-0.15, -0.1) is 0 Å². The van der Waals surface area contributed by atoms with Crippen LogP contribution in [-0.4, -0.2) is 13.8 Å². The van der Waals surface area contributed by atoms with Gasteiger partial charge in [-0.05, 0) is 24.6 Å². The molecule has 1 unspecified atom stereocenters. The minimum Gasteiger partial charge on any atom is -0.222 e. The van der Waals surface area contributed by atoms with Crippen LogP contribution in [0.3, 0.4) is 0 Å². The zero-order valence-corrected chi connectivity index (χ0v) is 9.22. The van der Waals surface area contributed by atoms with Crippen LogP contribution in [0.2, 0.25) is 0 Å². The third kappa shape index (κ3) is 2.31. The topological polar surface area (TPSA) is 107 Å². The van der Waals surface area contributed by atoms with Crippen molar-refractivity contribution in [3.05, 3.63) is 40.3 Å². The van der Waals surface area contributed by atoms with Crippen LogP contribution >= 0.6 is 0 Å². The van der Waals surface area contributed by atoms with Crippen molar-refractivity contribution in [1.82, 2.24) is 0 Å². The molecule has 1 rings (SSSR count). The molecule has 82 valence electrons. The molecule has 0 amide bonds. The molecule has 0 bridgehead atoms. The van der Waals surface area contributed by atoms with Gasteiger partial charge in [-0.2, -0.15) is 5.26 Å². The highest BCUT2D eigenvalue weighted by Gasteiger charge is 2.25. The van der Waals surface area contributed by atoms with Gasteiger partial charge in [-0.3, -0.25) is 0 Å². The van der Waals surface area contributed by atoms with E-state index in [1.54, 1.807) is 12.1 Å². The van der Waals surface area contributed by atoms with E-state index in [-0.39, 0.29) is 4.90 Å². The first-order valence-corrected chi connectivity index (χ1v) is 5.81. The molecular weight excluding hydrogens is 228 g/mol. The van der Waals surface area contributed by atoms with Crippen molar-refractivity contribution in [2.45, 2.75) is 17.2 Å². The van der Waals surface area contributed by atoms with Crippen molar-refractivity contribution in [2.24, 2.45) is 5.11 Å². The fourth-order valence-electron chi connectivity index (χ4n) is 1.06. The first-order valence-electron chi connectivity index (χ1n) is 4.27. The van der Waals surface area contributed by atoms with Gasteiger partial charge in [-0.25, -0.2) is 8.42 Å². The Morgan fingerprint density at radius 2 is 2.00 bits per heavy atom. The zero-order valence-electron chi connectivity index (χ0n) is 8.40. The molecule has 1 atom stereocenters. The molecule has 1 aromatic rings. The molecule has 1 aromatic carbocycles. The van der Waals surface area contributed by atoms with Crippen LogP contribution < -0.4 is 0 Å². The van der Waals surface area contributed by atoms with Crippen molar-refractivity contribution in [1.29, 1.82) is 5.26 Å². The van der Waals surface area contributed by atoms with E-state index < -0.39 is 15.2 Å². The summed E-state index contributed by atoms with van der Waals surface area (Å²) in [6.45, 7) is 1.81. The molecule has 0 saturated carbocycles. The minimum absolute atomic E-state index is 0.0305. The van der Waals surface area contributed by atoms with E-state index in [4.69, 9.17) is 10.8 Å². The molecule has 0 aliphatic rings. The molecule has 0 aromatic heterocycles. The number of nitrogens with zero attached hydrogens (tertiary/aromatic N) is 4. The van der Waals surface area contributed by atoms with Gasteiger partial charge in [0.25, 0.3) is 0 Å². The van der Waals surface area contributed by atoms with Crippen molar-refractivity contribution in [2.75, 3.05) is 0 Å². The lowest BCUT2D eigenvalue weighted by Crippen LogP contribution is -2.16. The Morgan fingerprint density at radius 3 is 2.44 bits per heavy atom. The van der Waals surface area contributed by atoms with E-state index in [2.05, 4.69) is 10.0 Å². The molecule has 16 heavy (non-hydrogen) atoms. The van der Waals surface area contributed by atoms with Crippen molar-refractivity contribution >= 4 is 9.84 Å². The summed E-state index contributed by atoms with van der Waals surface area (Å²) in [4.78, 5) is 2.31. The first-order chi connectivity index (χ1) is 7.52. The van der Waals surface area contributed by atoms with Crippen LogP contribution in [0, 0.1) is 18.3 Å². The molecule has 0 aliphatic heterocycles. The van der Waals surface area contributed by atoms with Gasteiger partial charge in [0.2, 0.25) is 15.2 Å². The maximum atomic E-state index is 11.8. The highest BCUT2D eigenvalue weighted by Crippen LogP contribution is 2.17. The average Bonchev–Trinajstić information content (AvgIpc) is 2.26. The molecule has 0 heterocycles. The molecule has 7 heteroatoms. The summed E-state index contributed by atoms with van der Waals surface area (Å²) in [6.07, 6.45) is 0. The van der Waals surface area contributed by atoms with Gasteiger partial charge < -0.3 is 0 Å². The largest absolute Gasteiger partial charge is 0.230 e. The maximum absolute atomic E-state index is 11.8. The number of aryl methyl sites for hydroxylation is 1. The standard InChI is InChI=1S/C9H8N4O2S/c1-7-2-4-8(5-3-7)16(14,15)9(6-10)12-13-11/h2-5,9H,1H3. The van der Waals surface area contributed by atoms with Crippen molar-refractivity contribution in [3.63, 3.8) is 0 Å². The highest BCUT2D eigenvalue weighted by molar-refractivity contribution is 7.92. The summed E-state index contributed by atoms with van der Waals surface area (Å²) in [5, 5.41) is 9.84. The van der Waals surface area contributed by atoms with E-state index in [1.807, 2.05) is 6.92 Å². The average molecular weight is 236 g/mol. The van der Waals surface area contributed by atoms with Gasteiger partial charge >= 0.3 is 0 Å². The van der Waals surface area contributed by atoms with Crippen LogP contribution in [-0.2, 0) is 9.84 Å². The first kappa shape index (κ1) is 12.0. The van der Waals surface area contributed by atoms with Gasteiger partial charge in [0.1, 0.15) is 0 Å². The second kappa shape index (κ2) is 4.66. The lowest BCUT2D eigenvalue weighted by molar-refractivity contribution is 0.590. The number of hydrogen-bond acceptors (Lipinski definition) is 4. The predicted molar refractivity (Wildman–Crippen MR) is 56.9 cm³/mol. The zero-order chi connectivity index (χ0) is 12.2. The van der Waals surface area contributed by atoms with Crippen LogP contribution in [0.1, 0.15) is 5.56 Å². The van der Waals surface area contributed by atoms with E-state index in [9.17, 15) is 8.42 Å². The van der Waals surface area contributed by atoms with E-state index in [0.29, 0.717) is 0 Å². The van der Waals surface area contributed by atoms with Gasteiger partial charge in [0.05, 0.1) is 11.0 Å². The smallest absolute Gasteiger partial charge is 0.222 e. The molecule has 0 saturated heterocycles. The fourth-order valence-corrected chi connectivity index (χ4v) is 2.14. The third-order valence-electron chi connectivity index (χ3n) is 1.91. The minimum atomic E-state index is -3.91. The fraction of sp³-hybridized carbons (Fsp3) is 0.222. The molecule has 0 fully saturated rings. The maximum Gasteiger partial charge on any atom is 0.230 e. The normalized spacial score (nSPS) is 12.2. The molecule has 0 N–H and O–H groups in total. The number of rotatable bonds is 3. The Hall–Kier alpha value is -2.03. The summed E-state index contributed by atoms with van der Waals surface area (Å²) in [6, 6.07) is 7.42. The van der Waals surface area contributed by atoms with Crippen LogP contribution in [0.5, 0.6) is 0 Å². The Bertz CT molecular complexity index is 565. The molecule has 6 nitrogen and oxygen atoms in total. The van der Waals surface area contributed by atoms with Gasteiger partial charge in [-0.1, -0.05) is 22.8 Å². The summed E-state index contributed by atoms with van der Waals surface area (Å²) >= 11 is 0. The monoisotopic (exact) mass is 236 g/mol. The predicted octanol–water partition coefficient (Wildman–Crippen LogP) is 1.93. The second-order valence-electron chi connectivity index (χ2n) is 3.04. The van der Waals surface area contributed by atoms with Crippen molar-refractivity contribution < 1.29 is 8.42 Å². The lowest BCUT2D eigenvalue weighted by Gasteiger charge is -2.05. The summed E-state index contributed by atoms with van der Waals surface area (Å²) in [7, 11) is -3.91. The summed E-state index contributed by atoms with van der Waals surface area (Å²) in [5.74, 6) is 0. The molecule has 0 aliphatic carbocycles. The Balaban J connectivity index is 3.26. The Labute approximate surface area is 92.7 Å². The van der Waals surface area contributed by atoms with Gasteiger partial charge in [0, 0.05) is 4.91 Å². The number of benzene rings is 1. The molecule has 0 radical (unpaired) electrons. The SMILES string of the molecule is Cc1ccc(S(=O)(=O)C(C#N)N=[N+]=[N-])cc1. The third-order valence-corrected chi connectivity index (χ3v) is 3.63. The number of hydrogen-bond donors (Lipinski definition) is 0. The number of nitriles is 1. The Morgan fingerprint density at radius 1 is 1.44 bits per heavy atom. The van der Waals surface area contributed by atoms with Crippen molar-refractivity contribution in [3.8, 4) is 6.07 Å². The van der Waals surface area contributed by atoms with Crippen LogP contribution in [0.15, 0.2) is 34.3 Å². The lowest BCUT2D eigenvalue weighted by atomic mass is 10.2. The van der Waals surface area contributed by atoms with E-state index in [0.717, 1.165) is 5.56 Å². The molecular formula is C9H8N4O2S. The summed E-state index contributed by atoms with van der Waals surface area (Å²) < 4.78 is 23.6.